The molecule has 18 heteroatoms. The fourth-order valence-corrected chi connectivity index (χ4v) is 0.396. The minimum atomic E-state index is -6.23. The smallest absolute Gasteiger partial charge is 0.376 e. The molecule has 1 unspecified atom stereocenters. The van der Waals surface area contributed by atoms with Crippen LogP contribution in [0.2, 0.25) is 0 Å². The van der Waals surface area contributed by atoms with Gasteiger partial charge in [0.25, 0.3) is 0 Å². The second kappa shape index (κ2) is 8.76. The zero-order chi connectivity index (χ0) is 20.8. The molecule has 0 saturated carbocycles. The highest BCUT2D eigenvalue weighted by atomic mass is 28.2. The van der Waals surface area contributed by atoms with Crippen LogP contribution in [0.5, 0.6) is 0 Å². The zero-order valence-electron chi connectivity index (χ0n) is 10.4. The molecule has 0 aliphatic heterocycles. The first kappa shape index (κ1) is 27.6. The van der Waals surface area contributed by atoms with Gasteiger partial charge in [-0.15, -0.1) is 8.78 Å². The van der Waals surface area contributed by atoms with Gasteiger partial charge >= 0.3 is 36.5 Å². The van der Waals surface area contributed by atoms with E-state index in [1.165, 1.54) is 4.98 Å². The summed E-state index contributed by atoms with van der Waals surface area (Å²) in [5, 5.41) is 35.6. The maximum Gasteiger partial charge on any atom is 0.480 e. The molecule has 1 amide bonds. The van der Waals surface area contributed by atoms with E-state index in [4.69, 9.17) is 25.5 Å². The molecule has 0 spiro atoms. The molecule has 24 heavy (non-hydrogen) atoms. The van der Waals surface area contributed by atoms with Crippen LogP contribution in [-0.2, 0) is 4.79 Å². The Bertz CT molecular complexity index is 363. The monoisotopic (exact) mass is 406 g/mol. The van der Waals surface area contributed by atoms with Crippen molar-refractivity contribution in [1.29, 1.82) is 0 Å². The van der Waals surface area contributed by atoms with Gasteiger partial charge in [-0.1, -0.05) is 0 Å². The molecule has 7 nitrogen and oxygen atoms in total. The van der Waals surface area contributed by atoms with Crippen molar-refractivity contribution in [3.8, 4) is 0 Å². The third-order valence-corrected chi connectivity index (χ3v) is 1.39. The normalized spacial score (nSPS) is 15.2. The first-order valence-corrected chi connectivity index (χ1v) is 4.96. The summed E-state index contributed by atoms with van der Waals surface area (Å²) in [4.78, 5) is 11.0. The van der Waals surface area contributed by atoms with Gasteiger partial charge in [-0.25, -0.2) is 0 Å². The molecule has 0 aliphatic rings. The number of nitrogens with one attached hydrogen (secondary N) is 1. The molecule has 1 atom stereocenters. The van der Waals surface area contributed by atoms with Crippen LogP contribution in [0, 0.1) is 0 Å². The van der Waals surface area contributed by atoms with Gasteiger partial charge in [-0.3, -0.25) is 4.79 Å². The SMILES string of the molecule is O=C(N[Si])C(O)(F)F.OC(F)(F)C(O)(F)C(F)(F)F.OC(O)(F)F. The second-order valence-corrected chi connectivity index (χ2v) is 3.42. The van der Waals surface area contributed by atoms with E-state index < -0.39 is 36.5 Å². The Morgan fingerprint density at radius 1 is 0.750 bits per heavy atom. The Balaban J connectivity index is -0.000000298. The predicted octanol–water partition coefficient (Wildman–Crippen LogP) is -0.916. The lowest BCUT2D eigenvalue weighted by Crippen LogP contribution is -2.55. The van der Waals surface area contributed by atoms with Gasteiger partial charge in [0.1, 0.15) is 0 Å². The van der Waals surface area contributed by atoms with Crippen molar-refractivity contribution >= 4 is 16.3 Å². The van der Waals surface area contributed by atoms with E-state index in [-0.39, 0.29) is 0 Å². The van der Waals surface area contributed by atoms with Crippen molar-refractivity contribution in [3.63, 3.8) is 0 Å². The molecule has 0 rings (SSSR count). The van der Waals surface area contributed by atoms with Gasteiger partial charge in [0.15, 0.2) is 10.4 Å². The molecule has 0 aromatic carbocycles. The lowest BCUT2D eigenvalue weighted by Gasteiger charge is -2.25. The molecule has 0 fully saturated rings. The fraction of sp³-hybridized carbons (Fsp3) is 0.833. The minimum Gasteiger partial charge on any atom is -0.376 e. The molecule has 0 aliphatic carbocycles. The Labute approximate surface area is 127 Å². The third kappa shape index (κ3) is 13.2. The summed E-state index contributed by atoms with van der Waals surface area (Å²) in [5.74, 6) is -7.69. The van der Waals surface area contributed by atoms with Gasteiger partial charge in [0.05, 0.1) is 0 Å². The largest absolute Gasteiger partial charge is 0.480 e. The highest BCUT2D eigenvalue weighted by molar-refractivity contribution is 6.15. The van der Waals surface area contributed by atoms with Crippen LogP contribution in [0.4, 0.5) is 43.9 Å². The quantitative estimate of drug-likeness (QED) is 0.200. The standard InChI is InChI=1S/C3H2F6O2.C2H2F2NO2Si.CH2F2O2/c4-1(10,2(5,6)7)3(8,9)11;3-2(4,7)1(6)5-8;2-1(3,4)5/h10-11H;7H,(H,5,6);4-5H. The van der Waals surface area contributed by atoms with Crippen LogP contribution in [0.3, 0.4) is 0 Å². The Hall–Kier alpha value is -1.21. The van der Waals surface area contributed by atoms with Crippen molar-refractivity contribution in [1.82, 2.24) is 4.98 Å². The molecule has 0 aromatic rings. The van der Waals surface area contributed by atoms with Crippen LogP contribution in [-0.4, -0.2) is 72.4 Å². The zero-order valence-corrected chi connectivity index (χ0v) is 11.4. The summed E-state index contributed by atoms with van der Waals surface area (Å²) < 4.78 is 110. The first-order chi connectivity index (χ1) is 9.98. The van der Waals surface area contributed by atoms with E-state index in [2.05, 4.69) is 10.4 Å². The van der Waals surface area contributed by atoms with Crippen molar-refractivity contribution in [2.75, 3.05) is 0 Å². The fourth-order valence-electron chi connectivity index (χ4n) is 0.246. The lowest BCUT2D eigenvalue weighted by atomic mass is 10.3. The average Bonchev–Trinajstić information content (AvgIpc) is 2.22. The van der Waals surface area contributed by atoms with Crippen LogP contribution >= 0.6 is 0 Å². The molecular formula is C6H6F10NO6Si. The summed E-state index contributed by atoms with van der Waals surface area (Å²) in [7, 11) is 2.26. The summed E-state index contributed by atoms with van der Waals surface area (Å²) in [6.07, 6.45) is -20.9. The van der Waals surface area contributed by atoms with Crippen molar-refractivity contribution in [2.24, 2.45) is 0 Å². The molecule has 3 radical (unpaired) electrons. The number of rotatable bonds is 2. The number of carbonyl (C=O) groups is 1. The highest BCUT2D eigenvalue weighted by Crippen LogP contribution is 2.41. The van der Waals surface area contributed by atoms with Gasteiger partial charge in [0, 0.05) is 0 Å². The second-order valence-electron chi connectivity index (χ2n) is 3.17. The number of amides is 1. The minimum absolute atomic E-state index is 1.37. The topological polar surface area (TPSA) is 130 Å². The summed E-state index contributed by atoms with van der Waals surface area (Å²) in [5.41, 5.74) is 0. The van der Waals surface area contributed by atoms with Gasteiger partial charge in [0.2, 0.25) is 0 Å². The Kier molecular flexibility index (Phi) is 10.1. The average molecular weight is 406 g/mol. The molecular weight excluding hydrogens is 400 g/mol. The first-order valence-electron chi connectivity index (χ1n) is 4.46. The number of hydrogen-bond donors (Lipinski definition) is 6. The third-order valence-electron chi connectivity index (χ3n) is 1.16. The molecule has 0 saturated heterocycles. The van der Waals surface area contributed by atoms with E-state index in [1.54, 1.807) is 0 Å². The van der Waals surface area contributed by atoms with Crippen LogP contribution in [0.1, 0.15) is 0 Å². The predicted molar refractivity (Wildman–Crippen MR) is 49.7 cm³/mol. The number of hydrogen-bond acceptors (Lipinski definition) is 6. The van der Waals surface area contributed by atoms with E-state index in [0.717, 1.165) is 0 Å². The number of carbonyl (C=O) groups excluding carboxylic acids is 1. The lowest BCUT2D eigenvalue weighted by molar-refractivity contribution is -0.438. The highest BCUT2D eigenvalue weighted by Gasteiger charge is 2.71. The number of halogens is 10. The van der Waals surface area contributed by atoms with Crippen LogP contribution in [0.25, 0.3) is 0 Å². The molecule has 0 bridgehead atoms. The summed E-state index contributed by atoms with van der Waals surface area (Å²) in [6.45, 7) is 0. The number of alkyl halides is 10. The summed E-state index contributed by atoms with van der Waals surface area (Å²) >= 11 is 0. The molecule has 6 N–H and O–H groups in total. The van der Waals surface area contributed by atoms with Crippen molar-refractivity contribution in [3.05, 3.63) is 0 Å². The van der Waals surface area contributed by atoms with Crippen molar-refractivity contribution in [2.45, 2.75) is 30.5 Å². The Morgan fingerprint density at radius 3 is 1.00 bits per heavy atom. The summed E-state index contributed by atoms with van der Waals surface area (Å²) in [6, 6.07) is 0. The number of aliphatic hydroxyl groups is 5. The maximum atomic E-state index is 11.5. The maximum absolute atomic E-state index is 11.5. The van der Waals surface area contributed by atoms with Crippen LogP contribution < -0.4 is 4.98 Å². The van der Waals surface area contributed by atoms with Gasteiger partial charge < -0.3 is 30.5 Å². The van der Waals surface area contributed by atoms with E-state index in [1.807, 2.05) is 0 Å². The van der Waals surface area contributed by atoms with Gasteiger partial charge in [-0.05, 0) is 0 Å². The van der Waals surface area contributed by atoms with Gasteiger partial charge in [-0.2, -0.15) is 35.1 Å². The van der Waals surface area contributed by atoms with E-state index >= 15 is 0 Å². The molecule has 0 aromatic heterocycles. The van der Waals surface area contributed by atoms with E-state index in [0.29, 0.717) is 0 Å². The van der Waals surface area contributed by atoms with Crippen molar-refractivity contribution < 1.29 is 74.2 Å². The van der Waals surface area contributed by atoms with Crippen LogP contribution in [0.15, 0.2) is 0 Å². The Morgan fingerprint density at radius 2 is 1.00 bits per heavy atom. The van der Waals surface area contributed by atoms with E-state index in [9.17, 15) is 48.7 Å². The molecule has 0 heterocycles. The molecule has 145 valence electrons.